The SMILES string of the molecule is COc1ccc(CCCCNC(=O)CCC(=O)c2ccc(Cl)cc2)cc1. The number of carbonyl (C=O) groups excluding carboxylic acids is 2. The van der Waals surface area contributed by atoms with Crippen molar-refractivity contribution in [3.8, 4) is 5.75 Å². The smallest absolute Gasteiger partial charge is 0.220 e. The maximum atomic E-state index is 12.0. The Morgan fingerprint density at radius 2 is 1.65 bits per heavy atom. The zero-order valence-electron chi connectivity index (χ0n) is 15.0. The lowest BCUT2D eigenvalue weighted by molar-refractivity contribution is -0.121. The number of aryl methyl sites for hydroxylation is 1. The van der Waals surface area contributed by atoms with Gasteiger partial charge in [-0.3, -0.25) is 9.59 Å². The Morgan fingerprint density at radius 3 is 2.31 bits per heavy atom. The van der Waals surface area contributed by atoms with Crippen LogP contribution < -0.4 is 10.1 Å². The molecule has 0 bridgehead atoms. The first kappa shape index (κ1) is 20.0. The zero-order valence-corrected chi connectivity index (χ0v) is 15.7. The van der Waals surface area contributed by atoms with Crippen LogP contribution in [-0.4, -0.2) is 25.3 Å². The van der Waals surface area contributed by atoms with E-state index in [-0.39, 0.29) is 24.5 Å². The van der Waals surface area contributed by atoms with Gasteiger partial charge in [-0.05, 0) is 61.2 Å². The molecule has 1 N–H and O–H groups in total. The summed E-state index contributed by atoms with van der Waals surface area (Å²) in [6.07, 6.45) is 3.29. The molecular formula is C21H24ClNO3. The predicted octanol–water partition coefficient (Wildman–Crippen LogP) is 4.45. The lowest BCUT2D eigenvalue weighted by Gasteiger charge is -2.06. The van der Waals surface area contributed by atoms with E-state index < -0.39 is 0 Å². The van der Waals surface area contributed by atoms with Crippen molar-refractivity contribution in [2.45, 2.75) is 32.1 Å². The van der Waals surface area contributed by atoms with Gasteiger partial charge in [0, 0.05) is 30.0 Å². The van der Waals surface area contributed by atoms with Crippen LogP contribution in [0.2, 0.25) is 5.02 Å². The molecule has 138 valence electrons. The van der Waals surface area contributed by atoms with Gasteiger partial charge in [0.2, 0.25) is 5.91 Å². The van der Waals surface area contributed by atoms with Crippen LogP contribution in [-0.2, 0) is 11.2 Å². The maximum absolute atomic E-state index is 12.0. The van der Waals surface area contributed by atoms with Gasteiger partial charge in [-0.25, -0.2) is 0 Å². The van der Waals surface area contributed by atoms with Crippen LogP contribution in [0, 0.1) is 0 Å². The van der Waals surface area contributed by atoms with Crippen molar-refractivity contribution in [1.29, 1.82) is 0 Å². The molecule has 0 aliphatic rings. The molecule has 4 nitrogen and oxygen atoms in total. The zero-order chi connectivity index (χ0) is 18.8. The van der Waals surface area contributed by atoms with Crippen LogP contribution in [0.4, 0.5) is 0 Å². The van der Waals surface area contributed by atoms with E-state index in [1.807, 2.05) is 12.1 Å². The van der Waals surface area contributed by atoms with E-state index in [1.54, 1.807) is 31.4 Å². The van der Waals surface area contributed by atoms with E-state index in [0.717, 1.165) is 25.0 Å². The topological polar surface area (TPSA) is 55.4 Å². The van der Waals surface area contributed by atoms with Crippen molar-refractivity contribution in [2.24, 2.45) is 0 Å². The van der Waals surface area contributed by atoms with Crippen molar-refractivity contribution in [3.05, 3.63) is 64.7 Å². The fourth-order valence-electron chi connectivity index (χ4n) is 2.57. The van der Waals surface area contributed by atoms with Gasteiger partial charge < -0.3 is 10.1 Å². The van der Waals surface area contributed by atoms with Gasteiger partial charge in [-0.15, -0.1) is 0 Å². The van der Waals surface area contributed by atoms with Crippen molar-refractivity contribution in [2.75, 3.05) is 13.7 Å². The number of ketones is 1. The number of halogens is 1. The molecule has 26 heavy (non-hydrogen) atoms. The number of ether oxygens (including phenoxy) is 1. The first-order valence-electron chi connectivity index (χ1n) is 8.77. The van der Waals surface area contributed by atoms with E-state index in [1.165, 1.54) is 5.56 Å². The van der Waals surface area contributed by atoms with Crippen LogP contribution in [0.15, 0.2) is 48.5 Å². The second-order valence-corrected chi connectivity index (χ2v) is 6.52. The van der Waals surface area contributed by atoms with Gasteiger partial charge in [-0.2, -0.15) is 0 Å². The molecule has 0 spiro atoms. The molecule has 2 rings (SSSR count). The van der Waals surface area contributed by atoms with Crippen molar-refractivity contribution in [3.63, 3.8) is 0 Å². The standard InChI is InChI=1S/C21H24ClNO3/c1-26-19-11-5-16(6-12-19)4-2-3-15-23-21(25)14-13-20(24)17-7-9-18(22)10-8-17/h5-12H,2-4,13-15H2,1H3,(H,23,25). The number of hydrogen-bond acceptors (Lipinski definition) is 3. The quantitative estimate of drug-likeness (QED) is 0.494. The molecule has 1 amide bonds. The summed E-state index contributed by atoms with van der Waals surface area (Å²) in [5.74, 6) is 0.724. The van der Waals surface area contributed by atoms with Crippen molar-refractivity contribution < 1.29 is 14.3 Å². The normalized spacial score (nSPS) is 10.4. The van der Waals surface area contributed by atoms with E-state index in [2.05, 4.69) is 17.4 Å². The molecule has 0 atom stereocenters. The highest BCUT2D eigenvalue weighted by molar-refractivity contribution is 6.30. The maximum Gasteiger partial charge on any atom is 0.220 e. The number of methoxy groups -OCH3 is 1. The molecule has 2 aromatic rings. The van der Waals surface area contributed by atoms with Crippen LogP contribution >= 0.6 is 11.6 Å². The Bertz CT molecular complexity index is 711. The van der Waals surface area contributed by atoms with Crippen molar-refractivity contribution >= 4 is 23.3 Å². The monoisotopic (exact) mass is 373 g/mol. The minimum atomic E-state index is -0.0863. The largest absolute Gasteiger partial charge is 0.497 e. The van der Waals surface area contributed by atoms with E-state index in [9.17, 15) is 9.59 Å². The van der Waals surface area contributed by atoms with E-state index in [4.69, 9.17) is 16.3 Å². The minimum Gasteiger partial charge on any atom is -0.497 e. The molecule has 0 saturated carbocycles. The number of nitrogens with one attached hydrogen (secondary N) is 1. The fourth-order valence-corrected chi connectivity index (χ4v) is 2.70. The summed E-state index contributed by atoms with van der Waals surface area (Å²) < 4.78 is 5.13. The Balaban J connectivity index is 1.58. The molecule has 5 heteroatoms. The lowest BCUT2D eigenvalue weighted by Crippen LogP contribution is -2.24. The summed E-state index contributed by atoms with van der Waals surface area (Å²) in [5.41, 5.74) is 1.84. The number of amides is 1. The van der Waals surface area contributed by atoms with E-state index in [0.29, 0.717) is 17.1 Å². The molecule has 0 saturated heterocycles. The average Bonchev–Trinajstić information content (AvgIpc) is 2.67. The second-order valence-electron chi connectivity index (χ2n) is 6.09. The van der Waals surface area contributed by atoms with Crippen LogP contribution in [0.5, 0.6) is 5.75 Å². The summed E-state index contributed by atoms with van der Waals surface area (Å²) >= 11 is 5.80. The Morgan fingerprint density at radius 1 is 0.962 bits per heavy atom. The van der Waals surface area contributed by atoms with Gasteiger partial charge in [0.1, 0.15) is 5.75 Å². The van der Waals surface area contributed by atoms with Gasteiger partial charge in [-0.1, -0.05) is 23.7 Å². The number of carbonyl (C=O) groups is 2. The number of hydrogen-bond donors (Lipinski definition) is 1. The average molecular weight is 374 g/mol. The summed E-state index contributed by atoms with van der Waals surface area (Å²) in [5, 5.41) is 3.46. The predicted molar refractivity (Wildman–Crippen MR) is 104 cm³/mol. The first-order chi connectivity index (χ1) is 12.6. The molecule has 0 aliphatic carbocycles. The summed E-state index contributed by atoms with van der Waals surface area (Å²) in [6, 6.07) is 14.7. The van der Waals surface area contributed by atoms with Gasteiger partial charge in [0.15, 0.2) is 5.78 Å². The van der Waals surface area contributed by atoms with Gasteiger partial charge in [0.05, 0.1) is 7.11 Å². The minimum absolute atomic E-state index is 0.0451. The third-order valence-electron chi connectivity index (χ3n) is 4.12. The molecule has 0 aliphatic heterocycles. The second kappa shape index (κ2) is 10.6. The highest BCUT2D eigenvalue weighted by Crippen LogP contribution is 2.13. The molecule has 0 fully saturated rings. The third-order valence-corrected chi connectivity index (χ3v) is 4.37. The van der Waals surface area contributed by atoms with Crippen LogP contribution in [0.1, 0.15) is 41.6 Å². The lowest BCUT2D eigenvalue weighted by atomic mass is 10.1. The molecular weight excluding hydrogens is 350 g/mol. The fraction of sp³-hybridized carbons (Fsp3) is 0.333. The molecule has 0 heterocycles. The highest BCUT2D eigenvalue weighted by atomic mass is 35.5. The third kappa shape index (κ3) is 6.89. The molecule has 0 radical (unpaired) electrons. The number of Topliss-reactive ketones (excluding diaryl/α,β-unsaturated/α-hetero) is 1. The Hall–Kier alpha value is -2.33. The highest BCUT2D eigenvalue weighted by Gasteiger charge is 2.09. The van der Waals surface area contributed by atoms with E-state index >= 15 is 0 Å². The first-order valence-corrected chi connectivity index (χ1v) is 9.14. The Labute approximate surface area is 159 Å². The molecule has 2 aromatic carbocycles. The van der Waals surface area contributed by atoms with Gasteiger partial charge in [0.25, 0.3) is 0 Å². The summed E-state index contributed by atoms with van der Waals surface area (Å²) in [6.45, 7) is 0.629. The van der Waals surface area contributed by atoms with Gasteiger partial charge >= 0.3 is 0 Å². The number of unbranched alkanes of at least 4 members (excludes halogenated alkanes) is 1. The Kier molecular flexibility index (Phi) is 8.16. The molecule has 0 aromatic heterocycles. The molecule has 0 unspecified atom stereocenters. The number of rotatable bonds is 10. The van der Waals surface area contributed by atoms with Crippen molar-refractivity contribution in [1.82, 2.24) is 5.32 Å². The summed E-state index contributed by atoms with van der Waals surface area (Å²) in [4.78, 5) is 23.8. The van der Waals surface area contributed by atoms with Crippen LogP contribution in [0.25, 0.3) is 0 Å². The summed E-state index contributed by atoms with van der Waals surface area (Å²) in [7, 11) is 1.65. The van der Waals surface area contributed by atoms with Crippen LogP contribution in [0.3, 0.4) is 0 Å². The number of benzene rings is 2.